The number of nitrogens with two attached hydrogens (primary N) is 2. The first-order valence-electron chi connectivity index (χ1n) is 3.74. The maximum atomic E-state index is 5.49. The van der Waals surface area contributed by atoms with Crippen molar-refractivity contribution in [2.24, 2.45) is 0 Å². The fourth-order valence-electron chi connectivity index (χ4n) is 0.829. The highest BCUT2D eigenvalue weighted by Gasteiger charge is 2.02. The van der Waals surface area contributed by atoms with Crippen LogP contribution in [0.1, 0.15) is 6.92 Å². The Labute approximate surface area is 71.4 Å². The molecular formula is C7H13N5. The van der Waals surface area contributed by atoms with E-state index in [1.807, 2.05) is 18.9 Å². The van der Waals surface area contributed by atoms with E-state index in [1.54, 1.807) is 6.07 Å². The zero-order chi connectivity index (χ0) is 9.14. The van der Waals surface area contributed by atoms with Crippen LogP contribution in [0.15, 0.2) is 6.07 Å². The molecule has 0 amide bonds. The van der Waals surface area contributed by atoms with Gasteiger partial charge in [0, 0.05) is 19.7 Å². The van der Waals surface area contributed by atoms with Gasteiger partial charge in [0.1, 0.15) is 11.6 Å². The van der Waals surface area contributed by atoms with E-state index in [4.69, 9.17) is 11.5 Å². The Morgan fingerprint density at radius 3 is 2.58 bits per heavy atom. The molecule has 0 saturated heterocycles. The first-order valence-corrected chi connectivity index (χ1v) is 3.74. The van der Waals surface area contributed by atoms with Crippen LogP contribution in [0.5, 0.6) is 0 Å². The third-order valence-corrected chi connectivity index (χ3v) is 1.62. The summed E-state index contributed by atoms with van der Waals surface area (Å²) in [7, 11) is 1.92. The average molecular weight is 167 g/mol. The molecule has 5 heteroatoms. The van der Waals surface area contributed by atoms with Crippen LogP contribution in [-0.2, 0) is 0 Å². The summed E-state index contributed by atoms with van der Waals surface area (Å²) in [5.74, 6) is 1.37. The van der Waals surface area contributed by atoms with Crippen LogP contribution in [0.3, 0.4) is 0 Å². The van der Waals surface area contributed by atoms with Gasteiger partial charge in [-0.25, -0.2) is 0 Å². The SMILES string of the molecule is CCN(C)c1cc(N)nc(N)n1. The zero-order valence-electron chi connectivity index (χ0n) is 7.28. The molecule has 0 saturated carbocycles. The summed E-state index contributed by atoms with van der Waals surface area (Å²) < 4.78 is 0. The lowest BCUT2D eigenvalue weighted by Gasteiger charge is -2.15. The molecule has 12 heavy (non-hydrogen) atoms. The average Bonchev–Trinajstić information content (AvgIpc) is 2.01. The van der Waals surface area contributed by atoms with Crippen LogP contribution >= 0.6 is 0 Å². The summed E-state index contributed by atoms with van der Waals surface area (Å²) in [4.78, 5) is 9.72. The fraction of sp³-hybridized carbons (Fsp3) is 0.429. The molecule has 0 bridgehead atoms. The van der Waals surface area contributed by atoms with Crippen molar-refractivity contribution >= 4 is 17.6 Å². The van der Waals surface area contributed by atoms with Gasteiger partial charge in [-0.1, -0.05) is 0 Å². The number of nitrogen functional groups attached to an aromatic ring is 2. The third kappa shape index (κ3) is 1.75. The molecule has 66 valence electrons. The molecule has 0 unspecified atom stereocenters. The molecule has 5 nitrogen and oxygen atoms in total. The van der Waals surface area contributed by atoms with Crippen molar-refractivity contribution in [2.75, 3.05) is 30.0 Å². The number of nitrogens with zero attached hydrogens (tertiary/aromatic N) is 3. The smallest absolute Gasteiger partial charge is 0.223 e. The van der Waals surface area contributed by atoms with E-state index in [9.17, 15) is 0 Å². The van der Waals surface area contributed by atoms with Crippen LogP contribution in [0.4, 0.5) is 17.6 Å². The van der Waals surface area contributed by atoms with E-state index in [-0.39, 0.29) is 5.95 Å². The van der Waals surface area contributed by atoms with Crippen molar-refractivity contribution in [1.82, 2.24) is 9.97 Å². The lowest BCUT2D eigenvalue weighted by Crippen LogP contribution is -2.18. The standard InChI is InChI=1S/C7H13N5/c1-3-12(2)6-4-5(8)10-7(9)11-6/h4H,3H2,1-2H3,(H4,8,9,10,11). The molecule has 0 fully saturated rings. The first kappa shape index (κ1) is 8.58. The number of hydrogen-bond donors (Lipinski definition) is 2. The minimum atomic E-state index is 0.213. The maximum absolute atomic E-state index is 5.49. The summed E-state index contributed by atoms with van der Waals surface area (Å²) in [5, 5.41) is 0. The van der Waals surface area contributed by atoms with Crippen LogP contribution in [0.2, 0.25) is 0 Å². The van der Waals surface area contributed by atoms with Gasteiger partial charge < -0.3 is 16.4 Å². The molecule has 4 N–H and O–H groups in total. The van der Waals surface area contributed by atoms with Gasteiger partial charge in [0.15, 0.2) is 0 Å². The quantitative estimate of drug-likeness (QED) is 0.652. The molecule has 0 aliphatic rings. The van der Waals surface area contributed by atoms with Crippen molar-refractivity contribution in [3.8, 4) is 0 Å². The topological polar surface area (TPSA) is 81.1 Å². The van der Waals surface area contributed by atoms with Crippen LogP contribution in [0.25, 0.3) is 0 Å². The van der Waals surface area contributed by atoms with Crippen LogP contribution in [0, 0.1) is 0 Å². The Kier molecular flexibility index (Phi) is 2.32. The number of rotatable bonds is 2. The predicted octanol–water partition coefficient (Wildman–Crippen LogP) is 0.0971. The summed E-state index contributed by atoms with van der Waals surface area (Å²) in [6.45, 7) is 2.88. The Bertz CT molecular complexity index is 252. The van der Waals surface area contributed by atoms with E-state index in [2.05, 4.69) is 9.97 Å². The molecule has 1 aromatic rings. The molecule has 0 atom stereocenters. The van der Waals surface area contributed by atoms with E-state index in [0.29, 0.717) is 5.82 Å². The molecule has 1 rings (SSSR count). The zero-order valence-corrected chi connectivity index (χ0v) is 7.28. The lowest BCUT2D eigenvalue weighted by molar-refractivity contribution is 0.934. The molecule has 0 spiro atoms. The van der Waals surface area contributed by atoms with Gasteiger partial charge in [0.05, 0.1) is 0 Å². The molecule has 0 aliphatic heterocycles. The Morgan fingerprint density at radius 1 is 1.42 bits per heavy atom. The highest BCUT2D eigenvalue weighted by atomic mass is 15.2. The van der Waals surface area contributed by atoms with E-state index in [0.717, 1.165) is 12.4 Å². The molecule has 0 aliphatic carbocycles. The van der Waals surface area contributed by atoms with Crippen molar-refractivity contribution in [1.29, 1.82) is 0 Å². The highest BCUT2D eigenvalue weighted by Crippen LogP contribution is 2.12. The molecule has 1 heterocycles. The number of hydrogen-bond acceptors (Lipinski definition) is 5. The van der Waals surface area contributed by atoms with Gasteiger partial charge in [-0.2, -0.15) is 9.97 Å². The summed E-state index contributed by atoms with van der Waals surface area (Å²) in [6, 6.07) is 1.69. The monoisotopic (exact) mass is 167 g/mol. The van der Waals surface area contributed by atoms with E-state index in [1.165, 1.54) is 0 Å². The van der Waals surface area contributed by atoms with E-state index >= 15 is 0 Å². The van der Waals surface area contributed by atoms with Gasteiger partial charge in [-0.3, -0.25) is 0 Å². The predicted molar refractivity (Wildman–Crippen MR) is 49.8 cm³/mol. The Hall–Kier alpha value is -1.52. The fourth-order valence-corrected chi connectivity index (χ4v) is 0.829. The lowest BCUT2D eigenvalue weighted by atomic mass is 10.5. The second-order valence-corrected chi connectivity index (χ2v) is 2.52. The van der Waals surface area contributed by atoms with Gasteiger partial charge in [-0.05, 0) is 6.92 Å². The van der Waals surface area contributed by atoms with Gasteiger partial charge in [-0.15, -0.1) is 0 Å². The molecule has 0 aromatic carbocycles. The molecule has 0 radical (unpaired) electrons. The number of aromatic nitrogens is 2. The second kappa shape index (κ2) is 3.25. The highest BCUT2D eigenvalue weighted by molar-refractivity contribution is 5.49. The van der Waals surface area contributed by atoms with Crippen molar-refractivity contribution < 1.29 is 0 Å². The molecule has 1 aromatic heterocycles. The van der Waals surface area contributed by atoms with Gasteiger partial charge >= 0.3 is 0 Å². The van der Waals surface area contributed by atoms with E-state index < -0.39 is 0 Å². The summed E-state index contributed by atoms with van der Waals surface area (Å²) >= 11 is 0. The largest absolute Gasteiger partial charge is 0.383 e. The molecular weight excluding hydrogens is 154 g/mol. The van der Waals surface area contributed by atoms with Crippen LogP contribution in [-0.4, -0.2) is 23.6 Å². The van der Waals surface area contributed by atoms with Crippen LogP contribution < -0.4 is 16.4 Å². The van der Waals surface area contributed by atoms with Gasteiger partial charge in [0.25, 0.3) is 0 Å². The number of anilines is 3. The van der Waals surface area contributed by atoms with Gasteiger partial charge in [0.2, 0.25) is 5.95 Å². The van der Waals surface area contributed by atoms with Crippen molar-refractivity contribution in [2.45, 2.75) is 6.92 Å². The normalized spacial score (nSPS) is 9.83. The Morgan fingerprint density at radius 2 is 2.08 bits per heavy atom. The Balaban J connectivity index is 3.00. The minimum absolute atomic E-state index is 0.213. The summed E-state index contributed by atoms with van der Waals surface area (Å²) in [5.41, 5.74) is 10.9. The maximum Gasteiger partial charge on any atom is 0.223 e. The second-order valence-electron chi connectivity index (χ2n) is 2.52. The minimum Gasteiger partial charge on any atom is -0.383 e. The van der Waals surface area contributed by atoms with Crippen molar-refractivity contribution in [3.05, 3.63) is 6.07 Å². The third-order valence-electron chi connectivity index (χ3n) is 1.62. The first-order chi connectivity index (χ1) is 5.63. The summed E-state index contributed by atoms with van der Waals surface area (Å²) in [6.07, 6.45) is 0. The van der Waals surface area contributed by atoms with Crippen molar-refractivity contribution in [3.63, 3.8) is 0 Å².